The van der Waals surface area contributed by atoms with E-state index in [1.165, 1.54) is 12.3 Å². The van der Waals surface area contributed by atoms with Crippen LogP contribution in [0, 0.1) is 6.92 Å². The van der Waals surface area contributed by atoms with Gasteiger partial charge in [-0.25, -0.2) is 5.43 Å². The second-order valence-electron chi connectivity index (χ2n) is 7.02. The molecule has 0 radical (unpaired) electrons. The summed E-state index contributed by atoms with van der Waals surface area (Å²) in [5.74, 6) is 1.64. The highest BCUT2D eigenvalue weighted by Gasteiger charge is 2.16. The van der Waals surface area contributed by atoms with Crippen molar-refractivity contribution in [1.82, 2.24) is 10.7 Å². The van der Waals surface area contributed by atoms with Crippen molar-refractivity contribution in [3.63, 3.8) is 0 Å². The zero-order valence-corrected chi connectivity index (χ0v) is 17.8. The van der Waals surface area contributed by atoms with Gasteiger partial charge in [0.15, 0.2) is 11.5 Å². The fourth-order valence-corrected chi connectivity index (χ4v) is 2.99. The highest BCUT2D eigenvalue weighted by Crippen LogP contribution is 2.33. The van der Waals surface area contributed by atoms with Crippen molar-refractivity contribution in [3.05, 3.63) is 95.1 Å². The molecule has 4 rings (SSSR count). The number of nitrogens with one attached hydrogen (secondary N) is 2. The molecule has 2 N–H and O–H groups in total. The smallest absolute Gasteiger partial charge is 0.287 e. The number of aryl methyl sites for hydroxylation is 1. The number of carbonyl (C=O) groups is 2. The highest BCUT2D eigenvalue weighted by molar-refractivity contribution is 6.05. The summed E-state index contributed by atoms with van der Waals surface area (Å²) in [4.78, 5) is 25.4. The van der Waals surface area contributed by atoms with Crippen molar-refractivity contribution in [3.8, 4) is 11.5 Å². The number of rotatable bonds is 7. The maximum absolute atomic E-state index is 12.8. The minimum Gasteiger partial charge on any atom is -0.462 e. The zero-order chi connectivity index (χ0) is 23.0. The predicted octanol–water partition coefficient (Wildman–Crippen LogP) is 3.90. The van der Waals surface area contributed by atoms with E-state index in [9.17, 15) is 9.59 Å². The molecule has 2 heterocycles. The minimum atomic E-state index is -0.588. The van der Waals surface area contributed by atoms with Gasteiger partial charge in [0, 0.05) is 11.8 Å². The van der Waals surface area contributed by atoms with Crippen molar-refractivity contribution in [2.24, 2.45) is 5.10 Å². The summed E-state index contributed by atoms with van der Waals surface area (Å²) in [7, 11) is 0. The molecule has 2 amide bonds. The largest absolute Gasteiger partial charge is 0.462 e. The number of nitrogens with zero attached hydrogens (tertiary/aromatic N) is 1. The number of hydrogen-bond acceptors (Lipinski definition) is 6. The predicted molar refractivity (Wildman–Crippen MR) is 124 cm³/mol. The normalized spacial score (nSPS) is 12.9. The van der Waals surface area contributed by atoms with Crippen molar-refractivity contribution < 1.29 is 23.5 Å². The Morgan fingerprint density at radius 1 is 1.00 bits per heavy atom. The van der Waals surface area contributed by atoms with E-state index in [1.54, 1.807) is 60.7 Å². The monoisotopic (exact) mass is 443 g/mol. The number of hydrogen-bond donors (Lipinski definition) is 2. The summed E-state index contributed by atoms with van der Waals surface area (Å²) >= 11 is 0. The average molecular weight is 443 g/mol. The molecule has 1 aromatic heterocycles. The molecule has 2 aromatic carbocycles. The summed E-state index contributed by atoms with van der Waals surface area (Å²) in [6.45, 7) is 1.99. The van der Waals surface area contributed by atoms with Crippen LogP contribution in [0.4, 0.5) is 0 Å². The summed E-state index contributed by atoms with van der Waals surface area (Å²) in [6, 6.07) is 17.5. The molecule has 0 atom stereocenters. The first-order valence-corrected chi connectivity index (χ1v) is 10.1. The van der Waals surface area contributed by atoms with E-state index < -0.39 is 11.8 Å². The lowest BCUT2D eigenvalue weighted by Gasteiger charge is -2.09. The van der Waals surface area contributed by atoms with Crippen LogP contribution in [0.25, 0.3) is 12.2 Å². The highest BCUT2D eigenvalue weighted by atomic mass is 16.7. The molecule has 0 fully saturated rings. The number of amides is 2. The lowest BCUT2D eigenvalue weighted by Crippen LogP contribution is -2.32. The molecule has 0 saturated carbocycles. The van der Waals surface area contributed by atoms with Crippen LogP contribution in [-0.4, -0.2) is 24.8 Å². The van der Waals surface area contributed by atoms with E-state index in [0.717, 1.165) is 5.76 Å². The van der Waals surface area contributed by atoms with Crippen LogP contribution in [0.15, 0.2) is 82.0 Å². The first-order valence-electron chi connectivity index (χ1n) is 10.1. The molecule has 0 saturated heterocycles. The van der Waals surface area contributed by atoms with E-state index in [0.29, 0.717) is 28.4 Å². The van der Waals surface area contributed by atoms with Gasteiger partial charge in [0.05, 0.1) is 0 Å². The Labute approximate surface area is 190 Å². The van der Waals surface area contributed by atoms with Crippen LogP contribution in [0.3, 0.4) is 0 Å². The van der Waals surface area contributed by atoms with Crippen LogP contribution < -0.4 is 20.2 Å². The Bertz CT molecular complexity index is 1240. The van der Waals surface area contributed by atoms with Gasteiger partial charge < -0.3 is 19.2 Å². The summed E-state index contributed by atoms with van der Waals surface area (Å²) in [5, 5.41) is 6.55. The molecule has 33 heavy (non-hydrogen) atoms. The third kappa shape index (κ3) is 5.76. The zero-order valence-electron chi connectivity index (χ0n) is 17.8. The van der Waals surface area contributed by atoms with Crippen LogP contribution in [0.1, 0.15) is 27.4 Å². The number of hydrazone groups is 1. The van der Waals surface area contributed by atoms with Crippen molar-refractivity contribution in [2.75, 3.05) is 6.79 Å². The fourth-order valence-electron chi connectivity index (χ4n) is 2.99. The van der Waals surface area contributed by atoms with E-state index in [1.807, 2.05) is 19.1 Å². The second kappa shape index (κ2) is 10.1. The second-order valence-corrected chi connectivity index (χ2v) is 7.02. The Kier molecular flexibility index (Phi) is 6.65. The van der Waals surface area contributed by atoms with Gasteiger partial charge in [-0.05, 0) is 67.1 Å². The van der Waals surface area contributed by atoms with Crippen molar-refractivity contribution in [2.45, 2.75) is 6.92 Å². The van der Waals surface area contributed by atoms with E-state index in [-0.39, 0.29) is 12.5 Å². The van der Waals surface area contributed by atoms with Gasteiger partial charge in [-0.1, -0.05) is 24.3 Å². The van der Waals surface area contributed by atoms with Gasteiger partial charge in [0.1, 0.15) is 17.2 Å². The number of benzene rings is 2. The standard InChI is InChI=1S/C25H21N3O5/c1-17-9-11-20(33-17)8-5-13-26-28-25(30)21(27-24(29)19-6-3-2-4-7-19)14-18-10-12-22-23(15-18)32-16-31-22/h2-15H,16H2,1H3,(H,27,29)(H,28,30)/b8-5+,21-14-,26-13?. The molecule has 1 aliphatic rings. The van der Waals surface area contributed by atoms with Crippen molar-refractivity contribution in [1.29, 1.82) is 0 Å². The minimum absolute atomic E-state index is 0.0190. The quantitative estimate of drug-likeness (QED) is 0.328. The van der Waals surface area contributed by atoms with E-state index >= 15 is 0 Å². The molecule has 0 aliphatic carbocycles. The van der Waals surface area contributed by atoms with Gasteiger partial charge in [-0.2, -0.15) is 5.10 Å². The van der Waals surface area contributed by atoms with Crippen LogP contribution >= 0.6 is 0 Å². The van der Waals surface area contributed by atoms with E-state index in [2.05, 4.69) is 15.8 Å². The number of allylic oxidation sites excluding steroid dienone is 1. The molecule has 3 aromatic rings. The number of fused-ring (bicyclic) bond motifs is 1. The molecular weight excluding hydrogens is 422 g/mol. The molecule has 8 heteroatoms. The Hall–Kier alpha value is -4.59. The maximum atomic E-state index is 12.8. The Morgan fingerprint density at radius 3 is 2.61 bits per heavy atom. The van der Waals surface area contributed by atoms with Crippen molar-refractivity contribution >= 4 is 30.2 Å². The molecule has 0 bridgehead atoms. The van der Waals surface area contributed by atoms with Crippen LogP contribution in [0.5, 0.6) is 11.5 Å². The SMILES string of the molecule is Cc1ccc(/C=C/C=NNC(=O)/C(=C/c2ccc3c(c2)OCO3)NC(=O)c2ccccc2)o1. The lowest BCUT2D eigenvalue weighted by molar-refractivity contribution is -0.117. The molecule has 0 spiro atoms. The fraction of sp³-hybridized carbons (Fsp3) is 0.0800. The van der Waals surface area contributed by atoms with Crippen LogP contribution in [0.2, 0.25) is 0 Å². The molecule has 0 unspecified atom stereocenters. The Morgan fingerprint density at radius 2 is 1.82 bits per heavy atom. The summed E-state index contributed by atoms with van der Waals surface area (Å²) in [5.41, 5.74) is 3.50. The lowest BCUT2D eigenvalue weighted by atomic mass is 10.1. The Balaban J connectivity index is 1.50. The first-order chi connectivity index (χ1) is 16.1. The van der Waals surface area contributed by atoms with Gasteiger partial charge in [-0.3, -0.25) is 9.59 Å². The maximum Gasteiger partial charge on any atom is 0.287 e. The topological polar surface area (TPSA) is 102 Å². The average Bonchev–Trinajstić information content (AvgIpc) is 3.47. The number of carbonyl (C=O) groups excluding carboxylic acids is 2. The van der Waals surface area contributed by atoms with Gasteiger partial charge in [0.25, 0.3) is 11.8 Å². The molecular formula is C25H21N3O5. The number of ether oxygens (including phenoxy) is 2. The van der Waals surface area contributed by atoms with Gasteiger partial charge in [-0.15, -0.1) is 0 Å². The van der Waals surface area contributed by atoms with E-state index in [4.69, 9.17) is 13.9 Å². The third-order valence-corrected chi connectivity index (χ3v) is 4.58. The molecule has 166 valence electrons. The summed E-state index contributed by atoms with van der Waals surface area (Å²) < 4.78 is 16.1. The van der Waals surface area contributed by atoms with Crippen LogP contribution in [-0.2, 0) is 4.79 Å². The summed E-state index contributed by atoms with van der Waals surface area (Å²) in [6.07, 6.45) is 6.29. The molecule has 8 nitrogen and oxygen atoms in total. The number of furan rings is 1. The molecule has 1 aliphatic heterocycles. The third-order valence-electron chi connectivity index (χ3n) is 4.58. The first kappa shape index (κ1) is 21.6. The van der Waals surface area contributed by atoms with Gasteiger partial charge >= 0.3 is 0 Å². The van der Waals surface area contributed by atoms with Gasteiger partial charge in [0.2, 0.25) is 6.79 Å².